The van der Waals surface area contributed by atoms with E-state index in [9.17, 15) is 0 Å². The minimum atomic E-state index is 0.0302. The number of anilines is 1. The van der Waals surface area contributed by atoms with Gasteiger partial charge >= 0.3 is 0 Å². The smallest absolute Gasteiger partial charge is 0.223 e. The van der Waals surface area contributed by atoms with Gasteiger partial charge in [0.05, 0.1) is 5.52 Å². The van der Waals surface area contributed by atoms with E-state index in [1.807, 2.05) is 30.5 Å². The summed E-state index contributed by atoms with van der Waals surface area (Å²) in [6, 6.07) is 8.00. The molecular formula is C13H17N3. The van der Waals surface area contributed by atoms with Gasteiger partial charge in [0, 0.05) is 17.1 Å². The van der Waals surface area contributed by atoms with Gasteiger partial charge in [0.25, 0.3) is 0 Å². The molecule has 0 saturated carbocycles. The zero-order chi connectivity index (χ0) is 11.6. The molecule has 0 amide bonds. The average Bonchev–Trinajstić information content (AvgIpc) is 2.28. The van der Waals surface area contributed by atoms with E-state index in [-0.39, 0.29) is 5.54 Å². The van der Waals surface area contributed by atoms with Crippen molar-refractivity contribution in [2.75, 3.05) is 5.32 Å². The monoisotopic (exact) mass is 215 g/mol. The van der Waals surface area contributed by atoms with Crippen molar-refractivity contribution in [2.24, 2.45) is 0 Å². The predicted octanol–water partition coefficient (Wildman–Crippen LogP) is 3.23. The molecule has 3 heteroatoms. The Labute approximate surface area is 95.9 Å². The predicted molar refractivity (Wildman–Crippen MR) is 67.5 cm³/mol. The summed E-state index contributed by atoms with van der Waals surface area (Å²) in [6.07, 6.45) is 2.89. The number of hydrogen-bond donors (Lipinski definition) is 1. The van der Waals surface area contributed by atoms with Gasteiger partial charge in [-0.1, -0.05) is 25.1 Å². The lowest BCUT2D eigenvalue weighted by molar-refractivity contribution is 0.542. The van der Waals surface area contributed by atoms with E-state index in [1.165, 1.54) is 0 Å². The summed E-state index contributed by atoms with van der Waals surface area (Å²) in [5.41, 5.74) is 1.01. The number of rotatable bonds is 3. The summed E-state index contributed by atoms with van der Waals surface area (Å²) in [4.78, 5) is 8.80. The summed E-state index contributed by atoms with van der Waals surface area (Å²) < 4.78 is 0. The summed E-state index contributed by atoms with van der Waals surface area (Å²) in [5, 5.41) is 4.41. The van der Waals surface area contributed by atoms with E-state index in [2.05, 4.69) is 36.1 Å². The number of fused-ring (bicyclic) bond motifs is 1. The first-order valence-electron chi connectivity index (χ1n) is 5.61. The summed E-state index contributed by atoms with van der Waals surface area (Å²) in [6.45, 7) is 6.44. The Morgan fingerprint density at radius 1 is 1.25 bits per heavy atom. The third kappa shape index (κ3) is 2.30. The molecule has 0 radical (unpaired) electrons. The van der Waals surface area contributed by atoms with E-state index < -0.39 is 0 Å². The summed E-state index contributed by atoms with van der Waals surface area (Å²) >= 11 is 0. The third-order valence-corrected chi connectivity index (χ3v) is 2.82. The number of para-hydroxylation sites is 1. The van der Waals surface area contributed by atoms with Crippen LogP contribution in [0.4, 0.5) is 5.95 Å². The van der Waals surface area contributed by atoms with Crippen molar-refractivity contribution < 1.29 is 0 Å². The van der Waals surface area contributed by atoms with E-state index in [0.717, 1.165) is 17.3 Å². The van der Waals surface area contributed by atoms with Crippen LogP contribution in [0.1, 0.15) is 27.2 Å². The second kappa shape index (κ2) is 4.08. The fourth-order valence-electron chi connectivity index (χ4n) is 1.42. The molecule has 0 saturated heterocycles. The first-order chi connectivity index (χ1) is 7.61. The molecule has 2 rings (SSSR count). The molecule has 1 aromatic carbocycles. The van der Waals surface area contributed by atoms with Crippen molar-refractivity contribution in [1.29, 1.82) is 0 Å². The average molecular weight is 215 g/mol. The Morgan fingerprint density at radius 2 is 2.00 bits per heavy atom. The van der Waals surface area contributed by atoms with Crippen LogP contribution < -0.4 is 5.32 Å². The molecule has 0 aliphatic carbocycles. The Morgan fingerprint density at radius 3 is 2.75 bits per heavy atom. The fourth-order valence-corrected chi connectivity index (χ4v) is 1.42. The maximum Gasteiger partial charge on any atom is 0.223 e. The van der Waals surface area contributed by atoms with Crippen molar-refractivity contribution in [3.05, 3.63) is 30.5 Å². The van der Waals surface area contributed by atoms with Gasteiger partial charge in [-0.05, 0) is 26.3 Å². The standard InChI is InChI=1S/C13H17N3/c1-4-13(2,3)16-12-14-9-10-7-5-6-8-11(10)15-12/h5-9H,4H2,1-3H3,(H,14,15,16). The maximum absolute atomic E-state index is 4.49. The number of aromatic nitrogens is 2. The molecule has 16 heavy (non-hydrogen) atoms. The van der Waals surface area contributed by atoms with Crippen LogP contribution in [-0.4, -0.2) is 15.5 Å². The first kappa shape index (κ1) is 10.9. The second-order valence-electron chi connectivity index (χ2n) is 4.61. The first-order valence-corrected chi connectivity index (χ1v) is 5.61. The normalized spacial score (nSPS) is 11.7. The van der Waals surface area contributed by atoms with Gasteiger partial charge < -0.3 is 5.32 Å². The van der Waals surface area contributed by atoms with Gasteiger partial charge in [-0.15, -0.1) is 0 Å². The largest absolute Gasteiger partial charge is 0.349 e. The van der Waals surface area contributed by atoms with Crippen LogP contribution in [0, 0.1) is 0 Å². The van der Waals surface area contributed by atoms with E-state index >= 15 is 0 Å². The minimum Gasteiger partial charge on any atom is -0.349 e. The lowest BCUT2D eigenvalue weighted by atomic mass is 10.0. The highest BCUT2D eigenvalue weighted by atomic mass is 15.1. The van der Waals surface area contributed by atoms with Gasteiger partial charge in [0.15, 0.2) is 0 Å². The van der Waals surface area contributed by atoms with Crippen molar-refractivity contribution in [1.82, 2.24) is 9.97 Å². The van der Waals surface area contributed by atoms with Gasteiger partial charge in [0.1, 0.15) is 0 Å². The van der Waals surface area contributed by atoms with E-state index in [1.54, 1.807) is 0 Å². The van der Waals surface area contributed by atoms with Gasteiger partial charge in [-0.25, -0.2) is 9.97 Å². The molecule has 0 spiro atoms. The molecule has 0 atom stereocenters. The van der Waals surface area contributed by atoms with Crippen molar-refractivity contribution in [2.45, 2.75) is 32.7 Å². The quantitative estimate of drug-likeness (QED) is 0.854. The minimum absolute atomic E-state index is 0.0302. The van der Waals surface area contributed by atoms with Crippen LogP contribution in [0.2, 0.25) is 0 Å². The molecular weight excluding hydrogens is 198 g/mol. The molecule has 3 nitrogen and oxygen atoms in total. The topological polar surface area (TPSA) is 37.8 Å². The fraction of sp³-hybridized carbons (Fsp3) is 0.385. The van der Waals surface area contributed by atoms with Crippen molar-refractivity contribution in [3.63, 3.8) is 0 Å². The number of hydrogen-bond acceptors (Lipinski definition) is 3. The number of benzene rings is 1. The van der Waals surface area contributed by atoms with Gasteiger partial charge in [0.2, 0.25) is 5.95 Å². The molecule has 0 bridgehead atoms. The number of nitrogens with one attached hydrogen (secondary N) is 1. The van der Waals surface area contributed by atoms with Crippen LogP contribution in [0.3, 0.4) is 0 Å². The molecule has 1 N–H and O–H groups in total. The maximum atomic E-state index is 4.49. The summed E-state index contributed by atoms with van der Waals surface area (Å²) in [5.74, 6) is 0.700. The molecule has 0 aliphatic rings. The van der Waals surface area contributed by atoms with E-state index in [4.69, 9.17) is 0 Å². The Balaban J connectivity index is 2.33. The van der Waals surface area contributed by atoms with Gasteiger partial charge in [-0.3, -0.25) is 0 Å². The van der Waals surface area contributed by atoms with Crippen LogP contribution >= 0.6 is 0 Å². The molecule has 1 heterocycles. The van der Waals surface area contributed by atoms with Crippen LogP contribution in [0.5, 0.6) is 0 Å². The zero-order valence-corrected chi connectivity index (χ0v) is 9.99. The zero-order valence-electron chi connectivity index (χ0n) is 9.99. The SMILES string of the molecule is CCC(C)(C)Nc1ncc2ccccc2n1. The molecule has 2 aromatic rings. The van der Waals surface area contributed by atoms with Crippen molar-refractivity contribution >= 4 is 16.9 Å². The highest BCUT2D eigenvalue weighted by Gasteiger charge is 2.15. The molecule has 84 valence electrons. The molecule has 1 aromatic heterocycles. The highest BCUT2D eigenvalue weighted by molar-refractivity contribution is 5.78. The Bertz CT molecular complexity index is 491. The van der Waals surface area contributed by atoms with Crippen LogP contribution in [-0.2, 0) is 0 Å². The lowest BCUT2D eigenvalue weighted by Crippen LogP contribution is -2.30. The third-order valence-electron chi connectivity index (χ3n) is 2.82. The summed E-state index contributed by atoms with van der Waals surface area (Å²) in [7, 11) is 0. The lowest BCUT2D eigenvalue weighted by Gasteiger charge is -2.24. The van der Waals surface area contributed by atoms with Gasteiger partial charge in [-0.2, -0.15) is 0 Å². The molecule has 0 unspecified atom stereocenters. The van der Waals surface area contributed by atoms with Crippen LogP contribution in [0.25, 0.3) is 10.9 Å². The van der Waals surface area contributed by atoms with Crippen LogP contribution in [0.15, 0.2) is 30.5 Å². The van der Waals surface area contributed by atoms with E-state index in [0.29, 0.717) is 5.95 Å². The Hall–Kier alpha value is -1.64. The Kier molecular flexibility index (Phi) is 2.77. The highest BCUT2D eigenvalue weighted by Crippen LogP contribution is 2.17. The number of nitrogens with zero attached hydrogens (tertiary/aromatic N) is 2. The molecule has 0 aliphatic heterocycles. The molecule has 0 fully saturated rings. The van der Waals surface area contributed by atoms with Crippen molar-refractivity contribution in [3.8, 4) is 0 Å². The second-order valence-corrected chi connectivity index (χ2v) is 4.61.